The van der Waals surface area contributed by atoms with Gasteiger partial charge in [0.15, 0.2) is 11.5 Å². The molecule has 16 heavy (non-hydrogen) atoms. The summed E-state index contributed by atoms with van der Waals surface area (Å²) < 4.78 is 13.1. The lowest BCUT2D eigenvalue weighted by atomic mass is 10.1. The number of nitrogens with zero attached hydrogens (tertiary/aromatic N) is 1. The zero-order valence-corrected chi connectivity index (χ0v) is 8.05. The molecule has 4 N–H and O–H groups in total. The maximum Gasteiger partial charge on any atom is 0.357 e. The fraction of sp³-hybridized carbons (Fsp3) is 0.222. The number of aromatic nitrogens is 1. The minimum atomic E-state index is -1.48. The summed E-state index contributed by atoms with van der Waals surface area (Å²) in [5.74, 6) is -3.71. The Morgan fingerprint density at radius 3 is 2.56 bits per heavy atom. The predicted molar refractivity (Wildman–Crippen MR) is 50.5 cm³/mol. The van der Waals surface area contributed by atoms with E-state index in [0.29, 0.717) is 0 Å². The second-order valence-corrected chi connectivity index (χ2v) is 3.13. The van der Waals surface area contributed by atoms with Crippen LogP contribution in [0, 0.1) is 5.82 Å². The fourth-order valence-electron chi connectivity index (χ4n) is 1.09. The summed E-state index contributed by atoms with van der Waals surface area (Å²) in [7, 11) is 0. The average Bonchev–Trinajstić information content (AvgIpc) is 2.16. The molecule has 0 aliphatic heterocycles. The van der Waals surface area contributed by atoms with Crippen LogP contribution in [-0.4, -0.2) is 33.2 Å². The SMILES string of the molecule is N[C@H](Cc1cnc(C(=O)O)c(F)c1)C(=O)O. The molecule has 1 atom stereocenters. The van der Waals surface area contributed by atoms with Crippen LogP contribution in [0.15, 0.2) is 12.3 Å². The molecule has 1 aromatic rings. The monoisotopic (exact) mass is 228 g/mol. The van der Waals surface area contributed by atoms with Crippen molar-refractivity contribution in [3.8, 4) is 0 Å². The second kappa shape index (κ2) is 4.67. The number of carbonyl (C=O) groups is 2. The van der Waals surface area contributed by atoms with Crippen molar-refractivity contribution < 1.29 is 24.2 Å². The number of pyridine rings is 1. The molecule has 0 amide bonds. The molecular formula is C9H9FN2O4. The van der Waals surface area contributed by atoms with Crippen molar-refractivity contribution in [3.63, 3.8) is 0 Å². The number of hydrogen-bond donors (Lipinski definition) is 3. The van der Waals surface area contributed by atoms with E-state index in [2.05, 4.69) is 4.98 Å². The Labute approximate surface area is 89.5 Å². The molecule has 0 unspecified atom stereocenters. The molecule has 0 fully saturated rings. The maximum atomic E-state index is 13.1. The summed E-state index contributed by atoms with van der Waals surface area (Å²) in [6.07, 6.45) is 0.981. The van der Waals surface area contributed by atoms with Crippen molar-refractivity contribution >= 4 is 11.9 Å². The fourth-order valence-corrected chi connectivity index (χ4v) is 1.09. The number of hydrogen-bond acceptors (Lipinski definition) is 4. The lowest BCUT2D eigenvalue weighted by Crippen LogP contribution is -2.32. The number of rotatable bonds is 4. The van der Waals surface area contributed by atoms with E-state index >= 15 is 0 Å². The summed E-state index contributed by atoms with van der Waals surface area (Å²) in [5, 5.41) is 17.0. The highest BCUT2D eigenvalue weighted by atomic mass is 19.1. The Morgan fingerprint density at radius 2 is 2.12 bits per heavy atom. The molecule has 7 heteroatoms. The quantitative estimate of drug-likeness (QED) is 0.661. The third-order valence-electron chi connectivity index (χ3n) is 1.87. The maximum absolute atomic E-state index is 13.1. The van der Waals surface area contributed by atoms with Crippen molar-refractivity contribution in [3.05, 3.63) is 29.3 Å². The van der Waals surface area contributed by atoms with Gasteiger partial charge in [0.2, 0.25) is 0 Å². The van der Waals surface area contributed by atoms with Crippen LogP contribution < -0.4 is 5.73 Å². The van der Waals surface area contributed by atoms with Crippen LogP contribution in [0.4, 0.5) is 4.39 Å². The minimum Gasteiger partial charge on any atom is -0.480 e. The van der Waals surface area contributed by atoms with Gasteiger partial charge in [-0.1, -0.05) is 0 Å². The molecule has 0 radical (unpaired) electrons. The van der Waals surface area contributed by atoms with Crippen LogP contribution in [0.2, 0.25) is 0 Å². The molecule has 6 nitrogen and oxygen atoms in total. The van der Waals surface area contributed by atoms with Gasteiger partial charge < -0.3 is 15.9 Å². The Kier molecular flexibility index (Phi) is 3.51. The van der Waals surface area contributed by atoms with Gasteiger partial charge in [0.05, 0.1) is 0 Å². The highest BCUT2D eigenvalue weighted by Crippen LogP contribution is 2.08. The molecule has 0 saturated carbocycles. The summed E-state index contributed by atoms with van der Waals surface area (Å²) in [5.41, 5.74) is 4.76. The predicted octanol–water partition coefficient (Wildman–Crippen LogP) is -0.127. The molecule has 0 bridgehead atoms. The zero-order chi connectivity index (χ0) is 12.3. The lowest BCUT2D eigenvalue weighted by Gasteiger charge is -2.06. The molecule has 1 rings (SSSR count). The van der Waals surface area contributed by atoms with Crippen LogP contribution in [0.1, 0.15) is 16.1 Å². The molecule has 0 aliphatic carbocycles. The van der Waals surface area contributed by atoms with E-state index in [4.69, 9.17) is 15.9 Å². The standard InChI is InChI=1S/C9H9FN2O4/c10-5-1-4(2-6(11)8(13)14)3-12-7(5)9(15)16/h1,3,6H,2,11H2,(H,13,14)(H,15,16)/t6-/m1/s1. The van der Waals surface area contributed by atoms with E-state index in [1.54, 1.807) is 0 Å². The van der Waals surface area contributed by atoms with Gasteiger partial charge in [-0.2, -0.15) is 0 Å². The molecule has 86 valence electrons. The highest BCUT2D eigenvalue weighted by molar-refractivity contribution is 5.85. The van der Waals surface area contributed by atoms with Crippen LogP contribution in [-0.2, 0) is 11.2 Å². The summed E-state index contributed by atoms with van der Waals surface area (Å²) in [4.78, 5) is 24.2. The van der Waals surface area contributed by atoms with Crippen LogP contribution in [0.5, 0.6) is 0 Å². The van der Waals surface area contributed by atoms with Crippen molar-refractivity contribution in [2.75, 3.05) is 0 Å². The smallest absolute Gasteiger partial charge is 0.357 e. The van der Waals surface area contributed by atoms with E-state index in [1.807, 2.05) is 0 Å². The number of carboxylic acid groups (broad SMARTS) is 2. The third-order valence-corrected chi connectivity index (χ3v) is 1.87. The first-order valence-corrected chi connectivity index (χ1v) is 4.28. The van der Waals surface area contributed by atoms with Gasteiger partial charge in [-0.25, -0.2) is 14.2 Å². The Morgan fingerprint density at radius 1 is 1.50 bits per heavy atom. The van der Waals surface area contributed by atoms with Crippen molar-refractivity contribution in [2.24, 2.45) is 5.73 Å². The molecule has 1 aromatic heterocycles. The van der Waals surface area contributed by atoms with Crippen LogP contribution >= 0.6 is 0 Å². The highest BCUT2D eigenvalue weighted by Gasteiger charge is 2.16. The van der Waals surface area contributed by atoms with Gasteiger partial charge in [0.1, 0.15) is 6.04 Å². The Bertz CT molecular complexity index is 436. The molecule has 0 spiro atoms. The number of aliphatic carboxylic acids is 1. The number of nitrogens with two attached hydrogens (primary N) is 1. The van der Waals surface area contributed by atoms with E-state index in [1.165, 1.54) is 0 Å². The second-order valence-electron chi connectivity index (χ2n) is 3.13. The van der Waals surface area contributed by atoms with Crippen molar-refractivity contribution in [1.82, 2.24) is 4.98 Å². The zero-order valence-electron chi connectivity index (χ0n) is 8.05. The first kappa shape index (κ1) is 12.1. The Hall–Kier alpha value is -2.02. The average molecular weight is 228 g/mol. The van der Waals surface area contributed by atoms with Crippen molar-refractivity contribution in [1.29, 1.82) is 0 Å². The molecular weight excluding hydrogens is 219 g/mol. The van der Waals surface area contributed by atoms with Gasteiger partial charge in [-0.15, -0.1) is 0 Å². The number of halogens is 1. The minimum absolute atomic E-state index is 0.112. The van der Waals surface area contributed by atoms with Crippen LogP contribution in [0.3, 0.4) is 0 Å². The summed E-state index contributed by atoms with van der Waals surface area (Å²) >= 11 is 0. The van der Waals surface area contributed by atoms with E-state index in [9.17, 15) is 14.0 Å². The van der Waals surface area contributed by atoms with Gasteiger partial charge >= 0.3 is 11.9 Å². The topological polar surface area (TPSA) is 114 Å². The Balaban J connectivity index is 2.89. The largest absolute Gasteiger partial charge is 0.480 e. The van der Waals surface area contributed by atoms with Gasteiger partial charge in [-0.3, -0.25) is 4.79 Å². The van der Waals surface area contributed by atoms with E-state index in [-0.39, 0.29) is 12.0 Å². The van der Waals surface area contributed by atoms with E-state index in [0.717, 1.165) is 12.3 Å². The van der Waals surface area contributed by atoms with Crippen molar-refractivity contribution in [2.45, 2.75) is 12.5 Å². The molecule has 1 heterocycles. The molecule has 0 saturated heterocycles. The summed E-state index contributed by atoms with van der Waals surface area (Å²) in [6.45, 7) is 0. The molecule has 0 aromatic carbocycles. The van der Waals surface area contributed by atoms with Gasteiger partial charge in [-0.05, 0) is 18.1 Å². The molecule has 0 aliphatic rings. The lowest BCUT2D eigenvalue weighted by molar-refractivity contribution is -0.138. The first-order valence-electron chi connectivity index (χ1n) is 4.28. The normalized spacial score (nSPS) is 12.1. The number of aromatic carboxylic acids is 1. The van der Waals surface area contributed by atoms with Gasteiger partial charge in [0, 0.05) is 6.20 Å². The first-order chi connectivity index (χ1) is 7.41. The van der Waals surface area contributed by atoms with Crippen LogP contribution in [0.25, 0.3) is 0 Å². The summed E-state index contributed by atoms with van der Waals surface area (Å²) in [6, 6.07) is -0.254. The van der Waals surface area contributed by atoms with E-state index < -0.39 is 29.5 Å². The third kappa shape index (κ3) is 2.74. The van der Waals surface area contributed by atoms with Gasteiger partial charge in [0.25, 0.3) is 0 Å². The number of carboxylic acids is 2.